The van der Waals surface area contributed by atoms with Gasteiger partial charge in [0, 0.05) is 32.5 Å². The Balaban J connectivity index is 1.88. The van der Waals surface area contributed by atoms with E-state index >= 15 is 0 Å². The second kappa shape index (κ2) is 22.1. The molecule has 1 rings (SSSR count). The number of aliphatic hydroxyl groups is 1. The molecule has 6 heteroatoms. The van der Waals surface area contributed by atoms with E-state index in [1.54, 1.807) is 4.90 Å². The standard InChI is InChI=1S/C29H56N2O4/c1-3-5-6-7-8-9-10-11-12-13-14-15-17-20-28(33)30-22-19-16-18-21-29(34)31-24-27(32)23-26(31)25-35-4-2/h26-27,32H,3-25H2,1-2H3,(H,30,33)/t26-,27+/m0/s1. The van der Waals surface area contributed by atoms with Crippen LogP contribution < -0.4 is 5.32 Å². The summed E-state index contributed by atoms with van der Waals surface area (Å²) in [5, 5.41) is 12.9. The zero-order valence-corrected chi connectivity index (χ0v) is 23.0. The molecule has 2 amide bonds. The van der Waals surface area contributed by atoms with Crippen LogP contribution in [-0.4, -0.2) is 60.3 Å². The Labute approximate surface area is 215 Å². The van der Waals surface area contributed by atoms with Gasteiger partial charge in [-0.2, -0.15) is 0 Å². The first kappa shape index (κ1) is 31.9. The second-order valence-corrected chi connectivity index (χ2v) is 10.4. The maximum atomic E-state index is 12.5. The predicted molar refractivity (Wildman–Crippen MR) is 144 cm³/mol. The summed E-state index contributed by atoms with van der Waals surface area (Å²) in [5.74, 6) is 0.270. The van der Waals surface area contributed by atoms with Crippen LogP contribution in [0.4, 0.5) is 0 Å². The molecule has 35 heavy (non-hydrogen) atoms. The van der Waals surface area contributed by atoms with Crippen LogP contribution in [0.3, 0.4) is 0 Å². The molecule has 1 saturated heterocycles. The van der Waals surface area contributed by atoms with Crippen LogP contribution in [0.2, 0.25) is 0 Å². The highest BCUT2D eigenvalue weighted by Crippen LogP contribution is 2.20. The van der Waals surface area contributed by atoms with E-state index in [2.05, 4.69) is 12.2 Å². The van der Waals surface area contributed by atoms with Crippen LogP contribution in [-0.2, 0) is 14.3 Å². The van der Waals surface area contributed by atoms with Gasteiger partial charge < -0.3 is 20.1 Å². The average molecular weight is 497 g/mol. The van der Waals surface area contributed by atoms with E-state index in [1.807, 2.05) is 6.92 Å². The Hall–Kier alpha value is -1.14. The minimum Gasteiger partial charge on any atom is -0.391 e. The molecule has 206 valence electrons. The molecule has 0 bridgehead atoms. The summed E-state index contributed by atoms with van der Waals surface area (Å²) in [6.45, 7) is 6.46. The van der Waals surface area contributed by atoms with Crippen molar-refractivity contribution in [1.29, 1.82) is 0 Å². The van der Waals surface area contributed by atoms with Crippen molar-refractivity contribution in [2.75, 3.05) is 26.3 Å². The summed E-state index contributed by atoms with van der Waals surface area (Å²) in [6, 6.07) is 0.00171. The summed E-state index contributed by atoms with van der Waals surface area (Å²) in [5.41, 5.74) is 0. The molecule has 1 aliphatic heterocycles. The van der Waals surface area contributed by atoms with E-state index in [1.165, 1.54) is 70.6 Å². The van der Waals surface area contributed by atoms with Gasteiger partial charge in [0.15, 0.2) is 0 Å². The molecule has 0 aromatic heterocycles. The van der Waals surface area contributed by atoms with Crippen molar-refractivity contribution in [3.8, 4) is 0 Å². The lowest BCUT2D eigenvalue weighted by Gasteiger charge is -2.24. The largest absolute Gasteiger partial charge is 0.391 e. The number of nitrogens with zero attached hydrogens (tertiary/aromatic N) is 1. The van der Waals surface area contributed by atoms with Crippen molar-refractivity contribution >= 4 is 11.8 Å². The second-order valence-electron chi connectivity index (χ2n) is 10.4. The van der Waals surface area contributed by atoms with Crippen molar-refractivity contribution in [2.45, 2.75) is 148 Å². The van der Waals surface area contributed by atoms with E-state index in [9.17, 15) is 14.7 Å². The maximum absolute atomic E-state index is 12.5. The molecule has 2 atom stereocenters. The Bertz CT molecular complexity index is 529. The van der Waals surface area contributed by atoms with Crippen molar-refractivity contribution in [2.24, 2.45) is 0 Å². The highest BCUT2D eigenvalue weighted by Gasteiger charge is 2.33. The summed E-state index contributed by atoms with van der Waals surface area (Å²) in [7, 11) is 0. The number of carbonyl (C=O) groups excluding carboxylic acids is 2. The van der Waals surface area contributed by atoms with E-state index < -0.39 is 6.10 Å². The van der Waals surface area contributed by atoms with E-state index in [0.717, 1.165) is 32.1 Å². The summed E-state index contributed by atoms with van der Waals surface area (Å²) < 4.78 is 5.46. The Morgan fingerprint density at radius 1 is 0.800 bits per heavy atom. The number of hydrogen-bond acceptors (Lipinski definition) is 4. The number of amides is 2. The molecule has 1 aliphatic rings. The molecule has 0 aliphatic carbocycles. The highest BCUT2D eigenvalue weighted by atomic mass is 16.5. The lowest BCUT2D eigenvalue weighted by molar-refractivity contribution is -0.133. The van der Waals surface area contributed by atoms with Gasteiger partial charge in [-0.1, -0.05) is 90.4 Å². The van der Waals surface area contributed by atoms with Gasteiger partial charge in [-0.25, -0.2) is 0 Å². The minimum atomic E-state index is -0.436. The molecule has 1 fully saturated rings. The molecule has 0 saturated carbocycles. The van der Waals surface area contributed by atoms with Gasteiger partial charge in [0.05, 0.1) is 18.8 Å². The van der Waals surface area contributed by atoms with Gasteiger partial charge in [-0.3, -0.25) is 9.59 Å². The number of likely N-dealkylation sites (tertiary alicyclic amines) is 1. The molecule has 1 heterocycles. The van der Waals surface area contributed by atoms with Crippen molar-refractivity contribution < 1.29 is 19.4 Å². The number of unbranched alkanes of at least 4 members (excludes halogenated alkanes) is 14. The van der Waals surface area contributed by atoms with E-state index in [0.29, 0.717) is 45.6 Å². The number of nitrogens with one attached hydrogen (secondary N) is 1. The first-order chi connectivity index (χ1) is 17.1. The van der Waals surface area contributed by atoms with Gasteiger partial charge >= 0.3 is 0 Å². The number of carbonyl (C=O) groups is 2. The van der Waals surface area contributed by atoms with Gasteiger partial charge in [0.2, 0.25) is 11.8 Å². The molecule has 0 aromatic carbocycles. The van der Waals surface area contributed by atoms with Gasteiger partial charge in [0.25, 0.3) is 0 Å². The average Bonchev–Trinajstić information content (AvgIpc) is 3.23. The molecular weight excluding hydrogens is 440 g/mol. The Kier molecular flexibility index (Phi) is 20.1. The van der Waals surface area contributed by atoms with Crippen LogP contribution in [0.5, 0.6) is 0 Å². The van der Waals surface area contributed by atoms with Crippen LogP contribution in [0.25, 0.3) is 0 Å². The third-order valence-electron chi connectivity index (χ3n) is 7.12. The molecule has 0 unspecified atom stereocenters. The number of aliphatic hydroxyl groups excluding tert-OH is 1. The zero-order valence-electron chi connectivity index (χ0n) is 23.0. The Morgan fingerprint density at radius 2 is 1.34 bits per heavy atom. The summed E-state index contributed by atoms with van der Waals surface area (Å²) in [4.78, 5) is 26.3. The predicted octanol–water partition coefficient (Wildman–Crippen LogP) is 6.14. The first-order valence-corrected chi connectivity index (χ1v) is 14.9. The zero-order chi connectivity index (χ0) is 25.6. The van der Waals surface area contributed by atoms with Crippen molar-refractivity contribution in [3.05, 3.63) is 0 Å². The van der Waals surface area contributed by atoms with E-state index in [4.69, 9.17) is 4.74 Å². The Morgan fingerprint density at radius 3 is 1.94 bits per heavy atom. The van der Waals surface area contributed by atoms with Crippen LogP contribution in [0.1, 0.15) is 136 Å². The number of ether oxygens (including phenoxy) is 1. The normalized spacial score (nSPS) is 17.7. The fourth-order valence-corrected chi connectivity index (χ4v) is 4.95. The third-order valence-corrected chi connectivity index (χ3v) is 7.12. The monoisotopic (exact) mass is 496 g/mol. The van der Waals surface area contributed by atoms with Crippen molar-refractivity contribution in [1.82, 2.24) is 10.2 Å². The third kappa shape index (κ3) is 17.0. The molecule has 0 aromatic rings. The van der Waals surface area contributed by atoms with Crippen LogP contribution in [0, 0.1) is 0 Å². The van der Waals surface area contributed by atoms with Crippen LogP contribution in [0.15, 0.2) is 0 Å². The molecule has 2 N–H and O–H groups in total. The number of hydrogen-bond donors (Lipinski definition) is 2. The summed E-state index contributed by atoms with van der Waals surface area (Å²) >= 11 is 0. The van der Waals surface area contributed by atoms with E-state index in [-0.39, 0.29) is 17.9 Å². The first-order valence-electron chi connectivity index (χ1n) is 14.9. The smallest absolute Gasteiger partial charge is 0.222 e. The lowest BCUT2D eigenvalue weighted by atomic mass is 10.0. The molecule has 0 radical (unpaired) electrons. The fraction of sp³-hybridized carbons (Fsp3) is 0.931. The fourth-order valence-electron chi connectivity index (χ4n) is 4.95. The molecular formula is C29H56N2O4. The molecule has 6 nitrogen and oxygen atoms in total. The number of rotatable bonds is 23. The summed E-state index contributed by atoms with van der Waals surface area (Å²) in [6.07, 6.45) is 21.1. The SMILES string of the molecule is CCCCCCCCCCCCCCCC(=O)NCCCCCC(=O)N1C[C@H](O)C[C@H]1COCC. The molecule has 0 spiro atoms. The van der Waals surface area contributed by atoms with Crippen molar-refractivity contribution in [3.63, 3.8) is 0 Å². The topological polar surface area (TPSA) is 78.9 Å². The lowest BCUT2D eigenvalue weighted by Crippen LogP contribution is -2.38. The highest BCUT2D eigenvalue weighted by molar-refractivity contribution is 5.77. The van der Waals surface area contributed by atoms with Gasteiger partial charge in [0.1, 0.15) is 0 Å². The quantitative estimate of drug-likeness (QED) is 0.166. The van der Waals surface area contributed by atoms with Gasteiger partial charge in [-0.05, 0) is 32.6 Å². The minimum absolute atomic E-state index is 0.00171. The van der Waals surface area contributed by atoms with Crippen LogP contribution >= 0.6 is 0 Å². The van der Waals surface area contributed by atoms with Gasteiger partial charge in [-0.15, -0.1) is 0 Å². The number of β-amino-alcohol motifs (C(OH)–C–C–N with tert-alkyl or cyclic N) is 1. The maximum Gasteiger partial charge on any atom is 0.222 e.